The highest BCUT2D eigenvalue weighted by Gasteiger charge is 2.54. The molecule has 1 aliphatic carbocycles. The maximum absolute atomic E-state index is 13.0. The van der Waals surface area contributed by atoms with E-state index in [-0.39, 0.29) is 5.91 Å². The molecule has 1 aromatic carbocycles. The number of hydrogen-bond acceptors (Lipinski definition) is 3. The van der Waals surface area contributed by atoms with E-state index in [1.54, 1.807) is 6.20 Å². The number of amides is 1. The highest BCUT2D eigenvalue weighted by molar-refractivity contribution is 5.95. The van der Waals surface area contributed by atoms with E-state index < -0.39 is 0 Å². The number of likely N-dealkylation sites (tertiary alicyclic amines) is 2. The molecular weight excluding hydrogens is 370 g/mol. The summed E-state index contributed by atoms with van der Waals surface area (Å²) < 4.78 is 0. The zero-order valence-corrected chi connectivity index (χ0v) is 18.1. The molecule has 1 aromatic heterocycles. The molecule has 1 spiro atoms. The Kier molecular flexibility index (Phi) is 5.36. The Labute approximate surface area is 180 Å². The van der Waals surface area contributed by atoms with Gasteiger partial charge in [0, 0.05) is 49.0 Å². The molecule has 3 aliphatic rings. The van der Waals surface area contributed by atoms with Crippen molar-refractivity contribution in [3.05, 3.63) is 65.5 Å². The first-order chi connectivity index (χ1) is 14.7. The molecule has 4 nitrogen and oxygen atoms in total. The predicted molar refractivity (Wildman–Crippen MR) is 119 cm³/mol. The van der Waals surface area contributed by atoms with Crippen LogP contribution in [0.25, 0.3) is 0 Å². The van der Waals surface area contributed by atoms with Crippen LogP contribution in [-0.2, 0) is 0 Å². The van der Waals surface area contributed by atoms with Gasteiger partial charge in [-0.1, -0.05) is 49.6 Å². The zero-order valence-electron chi connectivity index (χ0n) is 18.1. The van der Waals surface area contributed by atoms with Crippen LogP contribution in [0.5, 0.6) is 0 Å². The number of aryl methyl sites for hydroxylation is 1. The maximum atomic E-state index is 13.0. The van der Waals surface area contributed by atoms with Crippen molar-refractivity contribution in [2.45, 2.75) is 64.0 Å². The van der Waals surface area contributed by atoms with E-state index in [1.807, 2.05) is 24.0 Å². The number of hydrogen-bond donors (Lipinski definition) is 0. The summed E-state index contributed by atoms with van der Waals surface area (Å²) in [5.74, 6) is 0.144. The number of carbonyl (C=O) groups is 1. The number of nitrogens with zero attached hydrogens (tertiary/aromatic N) is 3. The molecule has 1 unspecified atom stereocenters. The summed E-state index contributed by atoms with van der Waals surface area (Å²) in [5, 5.41) is 0. The van der Waals surface area contributed by atoms with Gasteiger partial charge in [-0.3, -0.25) is 14.7 Å². The van der Waals surface area contributed by atoms with Crippen LogP contribution in [-0.4, -0.2) is 46.4 Å². The van der Waals surface area contributed by atoms with E-state index >= 15 is 0 Å². The highest BCUT2D eigenvalue weighted by Crippen LogP contribution is 2.58. The van der Waals surface area contributed by atoms with E-state index in [1.165, 1.54) is 44.2 Å². The Bertz CT molecular complexity index is 882. The van der Waals surface area contributed by atoms with Crippen LogP contribution in [0.15, 0.2) is 48.7 Å². The summed E-state index contributed by atoms with van der Waals surface area (Å²) in [5.41, 5.74) is 3.56. The van der Waals surface area contributed by atoms with E-state index in [0.29, 0.717) is 17.5 Å². The van der Waals surface area contributed by atoms with E-state index in [2.05, 4.69) is 40.2 Å². The highest BCUT2D eigenvalue weighted by atomic mass is 16.2. The summed E-state index contributed by atoms with van der Waals surface area (Å²) >= 11 is 0. The van der Waals surface area contributed by atoms with Gasteiger partial charge in [-0.2, -0.15) is 0 Å². The van der Waals surface area contributed by atoms with Gasteiger partial charge in [0.25, 0.3) is 5.91 Å². The summed E-state index contributed by atoms with van der Waals surface area (Å²) in [7, 11) is 0. The smallest absolute Gasteiger partial charge is 0.255 e. The first-order valence-corrected chi connectivity index (χ1v) is 11.7. The van der Waals surface area contributed by atoms with Gasteiger partial charge < -0.3 is 4.90 Å². The lowest BCUT2D eigenvalue weighted by Crippen LogP contribution is -2.63. The molecular formula is C26H33N3O. The molecule has 2 aromatic rings. The normalized spacial score (nSPS) is 24.6. The Hall–Kier alpha value is -2.20. The number of carbonyl (C=O) groups excluding carboxylic acids is 1. The molecule has 2 saturated heterocycles. The molecule has 1 atom stereocenters. The second-order valence-corrected chi connectivity index (χ2v) is 9.57. The standard InChI is InChI=1S/C26H33N3O/c1-20-23(11-8-16-27-20)25(30)28-17-12-22(13-18-28)29-19-26(14-6-3-7-15-26)24(29)21-9-4-2-5-10-21/h2,4-5,8-11,16,22,24H,3,6-7,12-15,17-19H2,1H3. The Balaban J connectivity index is 1.29. The van der Waals surface area contributed by atoms with Crippen LogP contribution in [0.1, 0.15) is 72.6 Å². The quantitative estimate of drug-likeness (QED) is 0.723. The molecule has 1 amide bonds. The van der Waals surface area contributed by atoms with E-state index in [0.717, 1.165) is 37.2 Å². The van der Waals surface area contributed by atoms with Crippen molar-refractivity contribution in [2.24, 2.45) is 5.41 Å². The van der Waals surface area contributed by atoms with Gasteiger partial charge in [0.15, 0.2) is 0 Å². The minimum Gasteiger partial charge on any atom is -0.338 e. The Morgan fingerprint density at radius 3 is 2.43 bits per heavy atom. The average Bonchev–Trinajstić information content (AvgIpc) is 2.79. The van der Waals surface area contributed by atoms with Gasteiger partial charge in [0.1, 0.15) is 0 Å². The van der Waals surface area contributed by atoms with Crippen molar-refractivity contribution in [3.8, 4) is 0 Å². The zero-order chi connectivity index (χ0) is 20.6. The van der Waals surface area contributed by atoms with Crippen LogP contribution in [0.3, 0.4) is 0 Å². The molecule has 4 heteroatoms. The summed E-state index contributed by atoms with van der Waals surface area (Å²) in [6.07, 6.45) is 10.8. The number of benzene rings is 1. The van der Waals surface area contributed by atoms with Gasteiger partial charge in [-0.05, 0) is 50.3 Å². The van der Waals surface area contributed by atoms with Gasteiger partial charge in [0.2, 0.25) is 0 Å². The molecule has 2 aliphatic heterocycles. The number of rotatable bonds is 3. The van der Waals surface area contributed by atoms with Crippen molar-refractivity contribution in [1.82, 2.24) is 14.8 Å². The Morgan fingerprint density at radius 2 is 1.73 bits per heavy atom. The third-order valence-electron chi connectivity index (χ3n) is 7.83. The largest absolute Gasteiger partial charge is 0.338 e. The summed E-state index contributed by atoms with van der Waals surface area (Å²) in [6, 6.07) is 16.1. The second-order valence-electron chi connectivity index (χ2n) is 9.57. The van der Waals surface area contributed by atoms with E-state index in [9.17, 15) is 4.79 Å². The topological polar surface area (TPSA) is 36.4 Å². The fraction of sp³-hybridized carbons (Fsp3) is 0.538. The van der Waals surface area contributed by atoms with E-state index in [4.69, 9.17) is 0 Å². The number of pyridine rings is 1. The van der Waals surface area contributed by atoms with Crippen molar-refractivity contribution in [2.75, 3.05) is 19.6 Å². The van der Waals surface area contributed by atoms with Crippen LogP contribution in [0, 0.1) is 12.3 Å². The van der Waals surface area contributed by atoms with Gasteiger partial charge in [-0.15, -0.1) is 0 Å². The number of aromatic nitrogens is 1. The van der Waals surface area contributed by atoms with Crippen LogP contribution in [0.2, 0.25) is 0 Å². The SMILES string of the molecule is Cc1ncccc1C(=O)N1CCC(N2CC3(CCCCC3)C2c2ccccc2)CC1. The lowest BCUT2D eigenvalue weighted by atomic mass is 9.60. The maximum Gasteiger partial charge on any atom is 0.255 e. The van der Waals surface area contributed by atoms with Gasteiger partial charge in [-0.25, -0.2) is 0 Å². The van der Waals surface area contributed by atoms with Crippen LogP contribution < -0.4 is 0 Å². The van der Waals surface area contributed by atoms with Crippen LogP contribution in [0.4, 0.5) is 0 Å². The summed E-state index contributed by atoms with van der Waals surface area (Å²) in [6.45, 7) is 4.87. The molecule has 0 bridgehead atoms. The van der Waals surface area contributed by atoms with Crippen molar-refractivity contribution >= 4 is 5.91 Å². The molecule has 0 N–H and O–H groups in total. The minimum atomic E-state index is 0.144. The molecule has 3 fully saturated rings. The molecule has 30 heavy (non-hydrogen) atoms. The minimum absolute atomic E-state index is 0.144. The molecule has 3 heterocycles. The lowest BCUT2D eigenvalue weighted by Gasteiger charge is -2.63. The lowest BCUT2D eigenvalue weighted by molar-refractivity contribution is -0.132. The predicted octanol–water partition coefficient (Wildman–Crippen LogP) is 5.00. The monoisotopic (exact) mass is 403 g/mol. The molecule has 5 rings (SSSR count). The van der Waals surface area contributed by atoms with Gasteiger partial charge in [0.05, 0.1) is 5.56 Å². The number of piperidine rings is 1. The third-order valence-corrected chi connectivity index (χ3v) is 7.83. The van der Waals surface area contributed by atoms with Crippen molar-refractivity contribution < 1.29 is 4.79 Å². The second kappa shape index (κ2) is 8.14. The van der Waals surface area contributed by atoms with Gasteiger partial charge >= 0.3 is 0 Å². The molecule has 1 saturated carbocycles. The fourth-order valence-corrected chi connectivity index (χ4v) is 6.27. The first kappa shape index (κ1) is 19.7. The van der Waals surface area contributed by atoms with Crippen LogP contribution >= 0.6 is 0 Å². The van der Waals surface area contributed by atoms with Crippen molar-refractivity contribution in [1.29, 1.82) is 0 Å². The average molecular weight is 404 g/mol. The molecule has 158 valence electrons. The summed E-state index contributed by atoms with van der Waals surface area (Å²) in [4.78, 5) is 22.1. The molecule has 0 radical (unpaired) electrons. The third kappa shape index (κ3) is 3.45. The first-order valence-electron chi connectivity index (χ1n) is 11.7. The fourth-order valence-electron chi connectivity index (χ4n) is 6.27. The van der Waals surface area contributed by atoms with Crippen molar-refractivity contribution in [3.63, 3.8) is 0 Å². The Morgan fingerprint density at radius 1 is 1.00 bits per heavy atom.